The molecule has 70 valence electrons. The van der Waals surface area contributed by atoms with Gasteiger partial charge < -0.3 is 10.8 Å². The van der Waals surface area contributed by atoms with Crippen LogP contribution in [0, 0.1) is 5.41 Å². The number of piperidine rings is 1. The van der Waals surface area contributed by atoms with E-state index in [-0.39, 0.29) is 5.84 Å². The minimum Gasteiger partial charge on any atom is -0.389 e. The molecule has 1 atom stereocenters. The van der Waals surface area contributed by atoms with E-state index in [1.54, 1.807) is 0 Å². The van der Waals surface area contributed by atoms with Gasteiger partial charge in [-0.25, -0.2) is 0 Å². The van der Waals surface area contributed by atoms with Gasteiger partial charge in [-0.3, -0.25) is 10.3 Å². The quantitative estimate of drug-likeness (QED) is 0.397. The summed E-state index contributed by atoms with van der Waals surface area (Å²) in [6, 6.07) is 0. The molecule has 1 aliphatic heterocycles. The predicted octanol–water partition coefficient (Wildman–Crippen LogP) is -0.231. The van der Waals surface area contributed by atoms with E-state index < -0.39 is 5.60 Å². The van der Waals surface area contributed by atoms with Crippen molar-refractivity contribution in [2.24, 2.45) is 5.73 Å². The number of hydrogen-bond donors (Lipinski definition) is 3. The second-order valence-electron chi connectivity index (χ2n) is 3.84. The van der Waals surface area contributed by atoms with Crippen molar-refractivity contribution in [2.45, 2.75) is 25.4 Å². The largest absolute Gasteiger partial charge is 0.389 e. The van der Waals surface area contributed by atoms with E-state index in [1.807, 2.05) is 11.8 Å². The molecule has 1 saturated heterocycles. The average molecular weight is 171 g/mol. The van der Waals surface area contributed by atoms with Gasteiger partial charge in [-0.15, -0.1) is 0 Å². The maximum absolute atomic E-state index is 9.70. The Labute approximate surface area is 72.9 Å². The first-order valence-electron chi connectivity index (χ1n) is 4.27. The normalized spacial score (nSPS) is 31.8. The Morgan fingerprint density at radius 3 is 2.92 bits per heavy atom. The van der Waals surface area contributed by atoms with Crippen LogP contribution in [0.25, 0.3) is 0 Å². The van der Waals surface area contributed by atoms with Crippen LogP contribution in [0.4, 0.5) is 0 Å². The van der Waals surface area contributed by atoms with Gasteiger partial charge in [0.1, 0.15) is 5.84 Å². The summed E-state index contributed by atoms with van der Waals surface area (Å²) in [5.41, 5.74) is 4.68. The van der Waals surface area contributed by atoms with Gasteiger partial charge >= 0.3 is 0 Å². The van der Waals surface area contributed by atoms with E-state index in [0.29, 0.717) is 13.1 Å². The standard InChI is InChI=1S/C8H17N3O/c1-8(12)3-2-4-11(6-8)5-7(9)10/h12H,2-6H2,1H3,(H3,9,10). The minimum absolute atomic E-state index is 0.174. The van der Waals surface area contributed by atoms with E-state index in [2.05, 4.69) is 0 Å². The van der Waals surface area contributed by atoms with Crippen LogP contribution in [0.5, 0.6) is 0 Å². The van der Waals surface area contributed by atoms with Crippen molar-refractivity contribution in [1.29, 1.82) is 5.41 Å². The summed E-state index contributed by atoms with van der Waals surface area (Å²) in [5, 5.41) is 16.8. The Morgan fingerprint density at radius 2 is 2.42 bits per heavy atom. The molecule has 1 rings (SSSR count). The summed E-state index contributed by atoms with van der Waals surface area (Å²) in [7, 11) is 0. The van der Waals surface area contributed by atoms with Gasteiger partial charge in [0, 0.05) is 6.54 Å². The third-order valence-corrected chi connectivity index (χ3v) is 2.15. The fourth-order valence-corrected chi connectivity index (χ4v) is 1.70. The minimum atomic E-state index is -0.590. The van der Waals surface area contributed by atoms with Crippen LogP contribution in [0.1, 0.15) is 19.8 Å². The van der Waals surface area contributed by atoms with Crippen molar-refractivity contribution in [3.63, 3.8) is 0 Å². The number of β-amino-alcohol motifs (C(OH)–C–C–N with tert-alkyl or cyclic N) is 1. The lowest BCUT2D eigenvalue weighted by Crippen LogP contribution is -2.48. The fraction of sp³-hybridized carbons (Fsp3) is 0.875. The van der Waals surface area contributed by atoms with Gasteiger partial charge in [0.05, 0.1) is 12.1 Å². The number of hydrogen-bond acceptors (Lipinski definition) is 3. The Balaban J connectivity index is 2.41. The molecule has 0 aliphatic carbocycles. The molecular weight excluding hydrogens is 154 g/mol. The second-order valence-corrected chi connectivity index (χ2v) is 3.84. The predicted molar refractivity (Wildman–Crippen MR) is 48.2 cm³/mol. The molecule has 0 amide bonds. The van der Waals surface area contributed by atoms with Gasteiger partial charge in [0.15, 0.2) is 0 Å². The molecule has 1 heterocycles. The molecule has 0 aromatic rings. The van der Waals surface area contributed by atoms with Crippen LogP contribution in [0.3, 0.4) is 0 Å². The highest BCUT2D eigenvalue weighted by Crippen LogP contribution is 2.19. The molecule has 0 bridgehead atoms. The van der Waals surface area contributed by atoms with Crippen LogP contribution in [-0.2, 0) is 0 Å². The van der Waals surface area contributed by atoms with Crippen LogP contribution in [0.15, 0.2) is 0 Å². The third kappa shape index (κ3) is 2.79. The molecule has 4 N–H and O–H groups in total. The molecular formula is C8H17N3O. The average Bonchev–Trinajstić information content (AvgIpc) is 1.82. The number of nitrogens with zero attached hydrogens (tertiary/aromatic N) is 1. The van der Waals surface area contributed by atoms with Crippen molar-refractivity contribution in [3.8, 4) is 0 Å². The lowest BCUT2D eigenvalue weighted by molar-refractivity contribution is -0.0104. The lowest BCUT2D eigenvalue weighted by Gasteiger charge is -2.36. The van der Waals surface area contributed by atoms with Crippen LogP contribution >= 0.6 is 0 Å². The first kappa shape index (κ1) is 9.48. The number of nitrogens with two attached hydrogens (primary N) is 1. The van der Waals surface area contributed by atoms with Gasteiger partial charge in [0.25, 0.3) is 0 Å². The van der Waals surface area contributed by atoms with Crippen molar-refractivity contribution in [1.82, 2.24) is 4.90 Å². The number of rotatable bonds is 2. The topological polar surface area (TPSA) is 73.3 Å². The highest BCUT2D eigenvalue weighted by molar-refractivity contribution is 5.78. The van der Waals surface area contributed by atoms with Crippen molar-refractivity contribution >= 4 is 5.84 Å². The van der Waals surface area contributed by atoms with Crippen molar-refractivity contribution < 1.29 is 5.11 Å². The van der Waals surface area contributed by atoms with Crippen LogP contribution < -0.4 is 5.73 Å². The van der Waals surface area contributed by atoms with E-state index in [1.165, 1.54) is 0 Å². The Hall–Kier alpha value is -0.610. The Morgan fingerprint density at radius 1 is 1.75 bits per heavy atom. The molecule has 4 heteroatoms. The van der Waals surface area contributed by atoms with Gasteiger partial charge in [-0.1, -0.05) is 0 Å². The molecule has 1 aliphatic rings. The molecule has 1 fully saturated rings. The van der Waals surface area contributed by atoms with Crippen LogP contribution in [0.2, 0.25) is 0 Å². The molecule has 4 nitrogen and oxygen atoms in total. The molecule has 0 aromatic carbocycles. The van der Waals surface area contributed by atoms with Crippen molar-refractivity contribution in [2.75, 3.05) is 19.6 Å². The Bertz CT molecular complexity index is 179. The van der Waals surface area contributed by atoms with Gasteiger partial charge in [0.2, 0.25) is 0 Å². The zero-order chi connectivity index (χ0) is 9.19. The SMILES string of the molecule is CC1(O)CCCN(CC(=N)N)C1. The fourth-order valence-electron chi connectivity index (χ4n) is 1.70. The summed E-state index contributed by atoms with van der Waals surface area (Å²) in [6.45, 7) is 3.89. The second kappa shape index (κ2) is 3.41. The molecule has 0 radical (unpaired) electrons. The maximum atomic E-state index is 9.70. The summed E-state index contributed by atoms with van der Waals surface area (Å²) < 4.78 is 0. The van der Waals surface area contributed by atoms with Crippen LogP contribution in [-0.4, -0.2) is 41.1 Å². The third-order valence-electron chi connectivity index (χ3n) is 2.15. The molecule has 0 aromatic heterocycles. The smallest absolute Gasteiger partial charge is 0.105 e. The Kier molecular flexibility index (Phi) is 2.69. The number of nitrogens with one attached hydrogen (secondary N) is 1. The number of aliphatic hydroxyl groups is 1. The molecule has 0 spiro atoms. The highest BCUT2D eigenvalue weighted by Gasteiger charge is 2.28. The van der Waals surface area contributed by atoms with Gasteiger partial charge in [-0.2, -0.15) is 0 Å². The first-order valence-corrected chi connectivity index (χ1v) is 4.27. The lowest BCUT2D eigenvalue weighted by atomic mass is 9.95. The first-order chi connectivity index (χ1) is 5.49. The molecule has 1 unspecified atom stereocenters. The summed E-state index contributed by atoms with van der Waals surface area (Å²) >= 11 is 0. The zero-order valence-corrected chi connectivity index (χ0v) is 7.51. The summed E-state index contributed by atoms with van der Waals surface area (Å²) in [5.74, 6) is 0.174. The van der Waals surface area contributed by atoms with Crippen molar-refractivity contribution in [3.05, 3.63) is 0 Å². The summed E-state index contributed by atoms with van der Waals surface area (Å²) in [4.78, 5) is 2.02. The van der Waals surface area contributed by atoms with E-state index >= 15 is 0 Å². The maximum Gasteiger partial charge on any atom is 0.105 e. The number of amidine groups is 1. The number of likely N-dealkylation sites (tertiary alicyclic amines) is 1. The van der Waals surface area contributed by atoms with E-state index in [9.17, 15) is 5.11 Å². The van der Waals surface area contributed by atoms with E-state index in [0.717, 1.165) is 19.4 Å². The zero-order valence-electron chi connectivity index (χ0n) is 7.51. The molecule has 12 heavy (non-hydrogen) atoms. The van der Waals surface area contributed by atoms with Gasteiger partial charge in [-0.05, 0) is 26.3 Å². The highest BCUT2D eigenvalue weighted by atomic mass is 16.3. The summed E-state index contributed by atoms with van der Waals surface area (Å²) in [6.07, 6.45) is 1.84. The van der Waals surface area contributed by atoms with E-state index in [4.69, 9.17) is 11.1 Å². The monoisotopic (exact) mass is 171 g/mol. The molecule has 0 saturated carbocycles.